The molecule has 2 aromatic carbocycles. The Morgan fingerprint density at radius 2 is 1.67 bits per heavy atom. The maximum atomic E-state index is 5.85. The predicted octanol–water partition coefficient (Wildman–Crippen LogP) is 3.26. The number of nitrogens with one attached hydrogen (secondary N) is 1. The number of nitrogens with zero attached hydrogens (tertiary/aromatic N) is 2. The van der Waals surface area contributed by atoms with Crippen molar-refractivity contribution in [3.63, 3.8) is 0 Å². The van der Waals surface area contributed by atoms with Crippen molar-refractivity contribution in [2.24, 2.45) is 0 Å². The van der Waals surface area contributed by atoms with Crippen LogP contribution in [-0.2, 0) is 0 Å². The first-order chi connectivity index (χ1) is 8.93. The van der Waals surface area contributed by atoms with Crippen LogP contribution in [0.25, 0.3) is 11.4 Å². The van der Waals surface area contributed by atoms with Crippen LogP contribution >= 0.6 is 0 Å². The molecule has 0 atom stereocenters. The smallest absolute Gasteiger partial charge is 0.159 e. The van der Waals surface area contributed by atoms with Crippen LogP contribution in [0.1, 0.15) is 0 Å². The number of para-hydroxylation sites is 2. The summed E-state index contributed by atoms with van der Waals surface area (Å²) in [6.45, 7) is 0. The normalized spacial score (nSPS) is 10.2. The van der Waals surface area contributed by atoms with Gasteiger partial charge in [-0.25, -0.2) is 4.98 Å². The molecule has 1 heterocycles. The third kappa shape index (κ3) is 2.08. The summed E-state index contributed by atoms with van der Waals surface area (Å²) in [4.78, 5) is 4.14. The number of aromatic amines is 1. The van der Waals surface area contributed by atoms with Gasteiger partial charge in [0.15, 0.2) is 5.82 Å². The molecule has 0 aliphatic rings. The Bertz CT molecular complexity index is 621. The van der Waals surface area contributed by atoms with Gasteiger partial charge in [-0.15, -0.1) is 0 Å². The van der Waals surface area contributed by atoms with Gasteiger partial charge in [0.2, 0.25) is 0 Å². The number of hydrogen-bond acceptors (Lipinski definition) is 3. The monoisotopic (exact) mass is 237 g/mol. The van der Waals surface area contributed by atoms with Crippen molar-refractivity contribution in [1.29, 1.82) is 0 Å². The molecular formula is C14H11N3O. The lowest BCUT2D eigenvalue weighted by Crippen LogP contribution is -1.89. The van der Waals surface area contributed by atoms with Crippen molar-refractivity contribution < 1.29 is 4.74 Å². The van der Waals surface area contributed by atoms with E-state index in [9.17, 15) is 0 Å². The average Bonchev–Trinajstić information content (AvgIpc) is 2.94. The van der Waals surface area contributed by atoms with E-state index >= 15 is 0 Å². The fraction of sp³-hybridized carbons (Fsp3) is 0. The van der Waals surface area contributed by atoms with Crippen LogP contribution in [0.3, 0.4) is 0 Å². The van der Waals surface area contributed by atoms with E-state index in [0.29, 0.717) is 5.82 Å². The SMILES string of the molecule is c1ccc(Oc2ccccc2-c2ncn[nH]2)cc1. The predicted molar refractivity (Wildman–Crippen MR) is 68.3 cm³/mol. The van der Waals surface area contributed by atoms with Crippen molar-refractivity contribution >= 4 is 0 Å². The summed E-state index contributed by atoms with van der Waals surface area (Å²) in [7, 11) is 0. The van der Waals surface area contributed by atoms with Gasteiger partial charge in [0.1, 0.15) is 17.8 Å². The first kappa shape index (κ1) is 10.5. The van der Waals surface area contributed by atoms with Gasteiger partial charge >= 0.3 is 0 Å². The van der Waals surface area contributed by atoms with Gasteiger partial charge in [-0.1, -0.05) is 30.3 Å². The number of H-pyrrole nitrogens is 1. The standard InChI is InChI=1S/C14H11N3O/c1-2-6-11(7-3-1)18-13-9-5-4-8-12(13)14-15-10-16-17-14/h1-10H,(H,15,16,17). The molecule has 4 nitrogen and oxygen atoms in total. The second-order valence-corrected chi connectivity index (χ2v) is 3.75. The van der Waals surface area contributed by atoms with Gasteiger partial charge in [-0.3, -0.25) is 5.10 Å². The van der Waals surface area contributed by atoms with Crippen molar-refractivity contribution in [2.75, 3.05) is 0 Å². The molecular weight excluding hydrogens is 226 g/mol. The molecule has 0 spiro atoms. The molecule has 0 aliphatic heterocycles. The van der Waals surface area contributed by atoms with Crippen molar-refractivity contribution in [1.82, 2.24) is 15.2 Å². The van der Waals surface area contributed by atoms with Crippen LogP contribution < -0.4 is 4.74 Å². The number of rotatable bonds is 3. The summed E-state index contributed by atoms with van der Waals surface area (Å²) in [5.41, 5.74) is 0.888. The third-order valence-electron chi connectivity index (χ3n) is 2.53. The van der Waals surface area contributed by atoms with Gasteiger partial charge in [-0.2, -0.15) is 5.10 Å². The molecule has 0 aliphatic carbocycles. The molecule has 0 amide bonds. The van der Waals surface area contributed by atoms with Gasteiger partial charge in [0.25, 0.3) is 0 Å². The second kappa shape index (κ2) is 4.71. The first-order valence-electron chi connectivity index (χ1n) is 5.61. The Balaban J connectivity index is 1.98. The second-order valence-electron chi connectivity index (χ2n) is 3.75. The van der Waals surface area contributed by atoms with E-state index in [4.69, 9.17) is 4.74 Å². The summed E-state index contributed by atoms with van der Waals surface area (Å²) in [5, 5.41) is 6.69. The lowest BCUT2D eigenvalue weighted by molar-refractivity contribution is 0.484. The van der Waals surface area contributed by atoms with Crippen LogP contribution in [0.2, 0.25) is 0 Å². The zero-order chi connectivity index (χ0) is 12.2. The van der Waals surface area contributed by atoms with Gasteiger partial charge in [0, 0.05) is 0 Å². The molecule has 0 saturated carbocycles. The summed E-state index contributed by atoms with van der Waals surface area (Å²) in [6.07, 6.45) is 1.48. The van der Waals surface area contributed by atoms with Crippen LogP contribution in [-0.4, -0.2) is 15.2 Å². The number of aromatic nitrogens is 3. The molecule has 1 aromatic heterocycles. The molecule has 0 fully saturated rings. The minimum atomic E-state index is 0.696. The molecule has 1 N–H and O–H groups in total. The van der Waals surface area contributed by atoms with Crippen LogP contribution in [0.4, 0.5) is 0 Å². The van der Waals surface area contributed by atoms with E-state index in [-0.39, 0.29) is 0 Å². The largest absolute Gasteiger partial charge is 0.457 e. The summed E-state index contributed by atoms with van der Waals surface area (Å²) < 4.78 is 5.85. The molecule has 0 unspecified atom stereocenters. The highest BCUT2D eigenvalue weighted by Gasteiger charge is 2.08. The fourth-order valence-corrected chi connectivity index (χ4v) is 1.70. The third-order valence-corrected chi connectivity index (χ3v) is 2.53. The maximum absolute atomic E-state index is 5.85. The molecule has 0 bridgehead atoms. The molecule has 4 heteroatoms. The van der Waals surface area contributed by atoms with Crippen molar-refractivity contribution in [3.05, 3.63) is 60.9 Å². The van der Waals surface area contributed by atoms with E-state index in [1.165, 1.54) is 6.33 Å². The fourth-order valence-electron chi connectivity index (χ4n) is 1.70. The maximum Gasteiger partial charge on any atom is 0.159 e. The number of hydrogen-bond donors (Lipinski definition) is 1. The summed E-state index contributed by atoms with van der Waals surface area (Å²) in [6, 6.07) is 17.4. The molecule has 18 heavy (non-hydrogen) atoms. The molecule has 0 radical (unpaired) electrons. The van der Waals surface area contributed by atoms with E-state index in [2.05, 4.69) is 15.2 Å². The quantitative estimate of drug-likeness (QED) is 0.760. The van der Waals surface area contributed by atoms with E-state index in [1.54, 1.807) is 0 Å². The highest BCUT2D eigenvalue weighted by Crippen LogP contribution is 2.30. The minimum Gasteiger partial charge on any atom is -0.457 e. The first-order valence-corrected chi connectivity index (χ1v) is 5.61. The van der Waals surface area contributed by atoms with Gasteiger partial charge in [-0.05, 0) is 24.3 Å². The number of benzene rings is 2. The Morgan fingerprint density at radius 1 is 0.889 bits per heavy atom. The zero-order valence-electron chi connectivity index (χ0n) is 9.58. The molecule has 3 aromatic rings. The highest BCUT2D eigenvalue weighted by molar-refractivity contribution is 5.64. The van der Waals surface area contributed by atoms with Gasteiger partial charge < -0.3 is 4.74 Å². The molecule has 3 rings (SSSR count). The summed E-state index contributed by atoms with van der Waals surface area (Å²) >= 11 is 0. The molecule has 0 saturated heterocycles. The van der Waals surface area contributed by atoms with E-state index in [1.807, 2.05) is 54.6 Å². The van der Waals surface area contributed by atoms with Crippen LogP contribution in [0.5, 0.6) is 11.5 Å². The lowest BCUT2D eigenvalue weighted by Gasteiger charge is -2.08. The average molecular weight is 237 g/mol. The summed E-state index contributed by atoms with van der Waals surface area (Å²) in [5.74, 6) is 2.24. The van der Waals surface area contributed by atoms with Crippen LogP contribution in [0.15, 0.2) is 60.9 Å². The Kier molecular flexibility index (Phi) is 2.75. The van der Waals surface area contributed by atoms with Crippen molar-refractivity contribution in [3.8, 4) is 22.9 Å². The van der Waals surface area contributed by atoms with E-state index in [0.717, 1.165) is 17.1 Å². The zero-order valence-corrected chi connectivity index (χ0v) is 9.58. The van der Waals surface area contributed by atoms with Crippen molar-refractivity contribution in [2.45, 2.75) is 0 Å². The highest BCUT2D eigenvalue weighted by atomic mass is 16.5. The van der Waals surface area contributed by atoms with Gasteiger partial charge in [0.05, 0.1) is 5.56 Å². The Hall–Kier alpha value is -2.62. The molecule has 88 valence electrons. The number of ether oxygens (including phenoxy) is 1. The Morgan fingerprint density at radius 3 is 2.44 bits per heavy atom. The van der Waals surface area contributed by atoms with Crippen LogP contribution in [0, 0.1) is 0 Å². The Labute approximate surface area is 104 Å². The minimum absolute atomic E-state index is 0.696. The topological polar surface area (TPSA) is 50.8 Å². The lowest BCUT2D eigenvalue weighted by atomic mass is 10.2. The van der Waals surface area contributed by atoms with E-state index < -0.39 is 0 Å².